The highest BCUT2D eigenvalue weighted by atomic mass is 32.2. The number of rotatable bonds is 5. The maximum Gasteiger partial charge on any atom is 0.325 e. The van der Waals surface area contributed by atoms with Crippen LogP contribution in [0.4, 0.5) is 0 Å². The van der Waals surface area contributed by atoms with Gasteiger partial charge in [0.05, 0.1) is 0 Å². The zero-order valence-electron chi connectivity index (χ0n) is 11.0. The summed E-state index contributed by atoms with van der Waals surface area (Å²) in [5.74, 6) is -0.0749. The highest BCUT2D eigenvalue weighted by Gasteiger charge is 2.33. The normalized spacial score (nSPS) is 15.4. The number of hydrogen-bond acceptors (Lipinski definition) is 5. The van der Waals surface area contributed by atoms with E-state index in [0.29, 0.717) is 0 Å². The van der Waals surface area contributed by atoms with Crippen LogP contribution in [-0.2, 0) is 10.0 Å². The van der Waals surface area contributed by atoms with Crippen LogP contribution in [0.25, 0.3) is 0 Å². The van der Waals surface area contributed by atoms with Gasteiger partial charge in [0.15, 0.2) is 4.90 Å². The molecule has 0 aromatic carbocycles. The van der Waals surface area contributed by atoms with Gasteiger partial charge in [-0.15, -0.1) is 0 Å². The highest BCUT2D eigenvalue weighted by Crippen LogP contribution is 2.17. The van der Waals surface area contributed by atoms with Gasteiger partial charge in [-0.1, -0.05) is 13.8 Å². The fraction of sp³-hybridized carbons (Fsp3) is 0.600. The maximum atomic E-state index is 12.1. The van der Waals surface area contributed by atoms with Crippen molar-refractivity contribution in [1.29, 1.82) is 0 Å². The second-order valence-electron chi connectivity index (χ2n) is 4.82. The summed E-state index contributed by atoms with van der Waals surface area (Å²) < 4.78 is 26.7. The van der Waals surface area contributed by atoms with E-state index in [1.807, 2.05) is 18.8 Å². The molecule has 9 heteroatoms. The van der Waals surface area contributed by atoms with Gasteiger partial charge >= 0.3 is 5.69 Å². The van der Waals surface area contributed by atoms with Crippen molar-refractivity contribution < 1.29 is 8.42 Å². The van der Waals surface area contributed by atoms with Crippen LogP contribution in [0.5, 0.6) is 0 Å². The molecule has 1 aromatic rings. The third kappa shape index (κ3) is 3.31. The fourth-order valence-corrected chi connectivity index (χ4v) is 2.91. The van der Waals surface area contributed by atoms with Crippen molar-refractivity contribution >= 4 is 10.0 Å². The first-order chi connectivity index (χ1) is 8.62. The van der Waals surface area contributed by atoms with Crippen LogP contribution in [0, 0.1) is 5.92 Å². The van der Waals surface area contributed by atoms with Gasteiger partial charge in [0.25, 0.3) is 5.56 Å². The van der Waals surface area contributed by atoms with Crippen LogP contribution in [0.3, 0.4) is 0 Å². The number of hydrogen-bond donors (Lipinski definition) is 4. The van der Waals surface area contributed by atoms with Gasteiger partial charge in [0, 0.05) is 18.3 Å². The summed E-state index contributed by atoms with van der Waals surface area (Å²) in [5.41, 5.74) is 2.96. The Labute approximate surface area is 110 Å². The van der Waals surface area contributed by atoms with Crippen molar-refractivity contribution in [3.8, 4) is 0 Å². The topological polar surface area (TPSA) is 138 Å². The van der Waals surface area contributed by atoms with Crippen LogP contribution in [0.2, 0.25) is 0 Å². The molecule has 19 heavy (non-hydrogen) atoms. The van der Waals surface area contributed by atoms with Gasteiger partial charge in [-0.05, 0) is 12.8 Å². The number of sulfonamides is 1. The lowest BCUT2D eigenvalue weighted by molar-refractivity contribution is 0.314. The van der Waals surface area contributed by atoms with E-state index in [1.165, 1.54) is 0 Å². The lowest BCUT2D eigenvalue weighted by Crippen LogP contribution is -2.55. The first kappa shape index (κ1) is 15.6. The second kappa shape index (κ2) is 5.27. The average Bonchev–Trinajstić information content (AvgIpc) is 2.27. The van der Waals surface area contributed by atoms with Crippen molar-refractivity contribution in [3.05, 3.63) is 27.0 Å². The minimum atomic E-state index is -4.07. The molecule has 1 atom stereocenters. The maximum absolute atomic E-state index is 12.1. The molecule has 1 aromatic heterocycles. The van der Waals surface area contributed by atoms with Crippen molar-refractivity contribution in [2.24, 2.45) is 11.7 Å². The third-order valence-electron chi connectivity index (χ3n) is 3.14. The van der Waals surface area contributed by atoms with Crippen molar-refractivity contribution in [2.45, 2.75) is 31.2 Å². The summed E-state index contributed by atoms with van der Waals surface area (Å²) in [6, 6.07) is 0. The van der Waals surface area contributed by atoms with Gasteiger partial charge in [-0.25, -0.2) is 17.9 Å². The van der Waals surface area contributed by atoms with Gasteiger partial charge in [-0.3, -0.25) is 9.78 Å². The lowest BCUT2D eigenvalue weighted by Gasteiger charge is -2.32. The Bertz CT molecular complexity index is 661. The Morgan fingerprint density at radius 2 is 2.00 bits per heavy atom. The smallest absolute Gasteiger partial charge is 0.325 e. The average molecular weight is 290 g/mol. The van der Waals surface area contributed by atoms with E-state index in [1.54, 1.807) is 6.92 Å². The standard InChI is InChI=1S/C10H18N4O4S/c1-6(2)10(3,5-11)14-19(17,18)7-4-12-9(16)13-8(7)15/h4,6,14H,5,11H2,1-3H3,(H2,12,13,15,16). The largest absolute Gasteiger partial charge is 0.329 e. The molecular weight excluding hydrogens is 272 g/mol. The summed E-state index contributed by atoms with van der Waals surface area (Å²) in [7, 11) is -4.07. The zero-order chi connectivity index (χ0) is 14.8. The van der Waals surface area contributed by atoms with Crippen LogP contribution >= 0.6 is 0 Å². The second-order valence-corrected chi connectivity index (χ2v) is 6.47. The van der Waals surface area contributed by atoms with Crippen LogP contribution in [0.15, 0.2) is 20.7 Å². The summed E-state index contributed by atoms with van der Waals surface area (Å²) in [4.78, 5) is 25.8. The first-order valence-corrected chi connectivity index (χ1v) is 7.17. The molecule has 0 radical (unpaired) electrons. The summed E-state index contributed by atoms with van der Waals surface area (Å²) in [5, 5.41) is 0. The molecular formula is C10H18N4O4S. The monoisotopic (exact) mass is 290 g/mol. The fourth-order valence-electron chi connectivity index (χ4n) is 1.35. The minimum absolute atomic E-state index is 0.0746. The third-order valence-corrected chi connectivity index (χ3v) is 4.76. The number of nitrogens with two attached hydrogens (primary N) is 1. The predicted molar refractivity (Wildman–Crippen MR) is 70.3 cm³/mol. The Morgan fingerprint density at radius 3 is 2.42 bits per heavy atom. The van der Waals surface area contributed by atoms with E-state index in [0.717, 1.165) is 6.20 Å². The first-order valence-electron chi connectivity index (χ1n) is 5.68. The molecule has 8 nitrogen and oxygen atoms in total. The Morgan fingerprint density at radius 1 is 1.42 bits per heavy atom. The van der Waals surface area contributed by atoms with Crippen LogP contribution in [-0.4, -0.2) is 30.5 Å². The van der Waals surface area contributed by atoms with Crippen LogP contribution in [0.1, 0.15) is 20.8 Å². The number of aromatic amines is 2. The van der Waals surface area contributed by atoms with E-state index < -0.39 is 31.7 Å². The Kier molecular flexibility index (Phi) is 4.33. The number of H-pyrrole nitrogens is 2. The minimum Gasteiger partial charge on any atom is -0.329 e. The summed E-state index contributed by atoms with van der Waals surface area (Å²) in [6.07, 6.45) is 0.862. The van der Waals surface area contributed by atoms with Gasteiger partial charge in [0.2, 0.25) is 10.0 Å². The molecule has 0 bridgehead atoms. The van der Waals surface area contributed by atoms with E-state index in [-0.39, 0.29) is 12.5 Å². The van der Waals surface area contributed by atoms with Crippen LogP contribution < -0.4 is 21.7 Å². The van der Waals surface area contributed by atoms with E-state index >= 15 is 0 Å². The molecule has 0 fully saturated rings. The van der Waals surface area contributed by atoms with E-state index in [4.69, 9.17) is 5.73 Å². The molecule has 0 aliphatic carbocycles. The number of nitrogens with one attached hydrogen (secondary N) is 3. The molecule has 108 valence electrons. The molecule has 0 saturated heterocycles. The quantitative estimate of drug-likeness (QED) is 0.535. The van der Waals surface area contributed by atoms with Gasteiger partial charge in [0.1, 0.15) is 0 Å². The number of aromatic nitrogens is 2. The molecule has 5 N–H and O–H groups in total. The molecule has 0 saturated carbocycles. The SMILES string of the molecule is CC(C)C(C)(CN)NS(=O)(=O)c1c[nH]c(=O)[nH]c1=O. The van der Waals surface area contributed by atoms with E-state index in [9.17, 15) is 18.0 Å². The van der Waals surface area contributed by atoms with E-state index in [2.05, 4.69) is 9.71 Å². The summed E-state index contributed by atoms with van der Waals surface area (Å²) >= 11 is 0. The molecule has 1 unspecified atom stereocenters. The molecule has 0 aliphatic heterocycles. The zero-order valence-corrected chi connectivity index (χ0v) is 11.8. The molecule has 0 aliphatic rings. The highest BCUT2D eigenvalue weighted by molar-refractivity contribution is 7.89. The Balaban J connectivity index is 3.26. The van der Waals surface area contributed by atoms with Crippen molar-refractivity contribution in [2.75, 3.05) is 6.54 Å². The van der Waals surface area contributed by atoms with Gasteiger partial charge < -0.3 is 10.7 Å². The molecule has 0 spiro atoms. The molecule has 1 rings (SSSR count). The van der Waals surface area contributed by atoms with Crippen molar-refractivity contribution in [1.82, 2.24) is 14.7 Å². The summed E-state index contributed by atoms with van der Waals surface area (Å²) in [6.45, 7) is 5.35. The predicted octanol–water partition coefficient (Wildman–Crippen LogP) is -1.29. The lowest BCUT2D eigenvalue weighted by atomic mass is 9.90. The molecule has 1 heterocycles. The van der Waals surface area contributed by atoms with Gasteiger partial charge in [-0.2, -0.15) is 0 Å². The van der Waals surface area contributed by atoms with Crippen molar-refractivity contribution in [3.63, 3.8) is 0 Å². The molecule has 0 amide bonds. The Hall–Kier alpha value is -1.45.